The van der Waals surface area contributed by atoms with E-state index in [4.69, 9.17) is 18.0 Å². The molecule has 0 radical (unpaired) electrons. The van der Waals surface area contributed by atoms with E-state index in [1.165, 1.54) is 12.1 Å². The maximum atomic E-state index is 12.7. The second-order valence-electron chi connectivity index (χ2n) is 1.75. The van der Waals surface area contributed by atoms with Crippen LogP contribution in [0, 0.1) is 18.2 Å². The minimum absolute atomic E-state index is 0.0652. The van der Waals surface area contributed by atoms with Crippen molar-refractivity contribution in [2.45, 2.75) is 0 Å². The number of terminal acetylenes is 1. The van der Waals surface area contributed by atoms with Crippen molar-refractivity contribution in [3.8, 4) is 12.3 Å². The van der Waals surface area contributed by atoms with Gasteiger partial charge in [-0.05, 0) is 12.1 Å². The van der Waals surface area contributed by atoms with Crippen molar-refractivity contribution in [1.82, 2.24) is 0 Å². The van der Waals surface area contributed by atoms with Crippen LogP contribution in [-0.4, -0.2) is 0 Å². The number of hydrogen-bond acceptors (Lipinski definition) is 0. The van der Waals surface area contributed by atoms with Gasteiger partial charge in [0.25, 0.3) is 0 Å². The Morgan fingerprint density at radius 1 is 1.50 bits per heavy atom. The zero-order chi connectivity index (χ0) is 7.56. The number of benzene rings is 1. The molecular formula is C8H4ClF. The van der Waals surface area contributed by atoms with E-state index < -0.39 is 5.82 Å². The Hall–Kier alpha value is -1.00. The molecule has 0 aliphatic rings. The molecule has 0 atom stereocenters. The zero-order valence-electron chi connectivity index (χ0n) is 5.07. The predicted molar refractivity (Wildman–Crippen MR) is 39.3 cm³/mol. The van der Waals surface area contributed by atoms with Gasteiger partial charge in [-0.2, -0.15) is 0 Å². The Bertz CT molecular complexity index is 286. The molecule has 0 fully saturated rings. The second kappa shape index (κ2) is 2.72. The zero-order valence-corrected chi connectivity index (χ0v) is 5.82. The van der Waals surface area contributed by atoms with E-state index in [0.29, 0.717) is 0 Å². The molecule has 0 spiro atoms. The topological polar surface area (TPSA) is 0 Å². The Labute approximate surface area is 63.6 Å². The number of rotatable bonds is 0. The van der Waals surface area contributed by atoms with Gasteiger partial charge in [-0.3, -0.25) is 0 Å². The maximum absolute atomic E-state index is 12.7. The van der Waals surface area contributed by atoms with E-state index in [1.807, 2.05) is 0 Å². The van der Waals surface area contributed by atoms with Gasteiger partial charge < -0.3 is 0 Å². The van der Waals surface area contributed by atoms with E-state index in [9.17, 15) is 4.39 Å². The second-order valence-corrected chi connectivity index (χ2v) is 2.15. The summed E-state index contributed by atoms with van der Waals surface area (Å²) in [7, 11) is 0. The lowest BCUT2D eigenvalue weighted by molar-refractivity contribution is 0.625. The van der Waals surface area contributed by atoms with Gasteiger partial charge in [0.15, 0.2) is 5.82 Å². The summed E-state index contributed by atoms with van der Waals surface area (Å²) in [5, 5.41) is 0.0652. The van der Waals surface area contributed by atoms with Gasteiger partial charge in [0.1, 0.15) is 0 Å². The third-order valence-electron chi connectivity index (χ3n) is 1.11. The van der Waals surface area contributed by atoms with Crippen molar-refractivity contribution >= 4 is 11.6 Å². The molecule has 0 heterocycles. The fraction of sp³-hybridized carbons (Fsp3) is 0. The molecule has 2 heteroatoms. The van der Waals surface area contributed by atoms with Crippen molar-refractivity contribution in [2.24, 2.45) is 0 Å². The van der Waals surface area contributed by atoms with E-state index in [-0.39, 0.29) is 10.6 Å². The molecule has 0 saturated heterocycles. The van der Waals surface area contributed by atoms with E-state index in [0.717, 1.165) is 0 Å². The Kier molecular flexibility index (Phi) is 1.94. The van der Waals surface area contributed by atoms with Crippen LogP contribution in [0.25, 0.3) is 0 Å². The van der Waals surface area contributed by atoms with Crippen LogP contribution >= 0.6 is 11.6 Å². The van der Waals surface area contributed by atoms with Crippen molar-refractivity contribution in [1.29, 1.82) is 0 Å². The average molecular weight is 155 g/mol. The molecule has 0 nitrogen and oxygen atoms in total. The highest BCUT2D eigenvalue weighted by atomic mass is 35.5. The fourth-order valence-corrected chi connectivity index (χ4v) is 0.790. The van der Waals surface area contributed by atoms with Crippen LogP contribution in [0.1, 0.15) is 5.56 Å². The highest BCUT2D eigenvalue weighted by molar-refractivity contribution is 6.30. The quantitative estimate of drug-likeness (QED) is 0.504. The van der Waals surface area contributed by atoms with E-state index in [1.54, 1.807) is 6.07 Å². The van der Waals surface area contributed by atoms with Crippen LogP contribution in [0.5, 0.6) is 0 Å². The molecule has 10 heavy (non-hydrogen) atoms. The first-order valence-corrected chi connectivity index (χ1v) is 3.04. The molecule has 1 rings (SSSR count). The highest BCUT2D eigenvalue weighted by Gasteiger charge is 2.01. The van der Waals surface area contributed by atoms with Crippen LogP contribution in [0.2, 0.25) is 5.02 Å². The molecule has 0 aliphatic carbocycles. The van der Waals surface area contributed by atoms with E-state index in [2.05, 4.69) is 5.92 Å². The molecule has 0 unspecified atom stereocenters. The van der Waals surface area contributed by atoms with Crippen molar-refractivity contribution < 1.29 is 4.39 Å². The van der Waals surface area contributed by atoms with Gasteiger partial charge in [0.05, 0.1) is 10.6 Å². The molecule has 1 aromatic rings. The smallest absolute Gasteiger partial charge is 0.157 e. The fourth-order valence-electron chi connectivity index (χ4n) is 0.615. The van der Waals surface area contributed by atoms with Crippen molar-refractivity contribution in [3.63, 3.8) is 0 Å². The van der Waals surface area contributed by atoms with Crippen LogP contribution < -0.4 is 0 Å². The first kappa shape index (κ1) is 7.11. The van der Waals surface area contributed by atoms with Gasteiger partial charge in [0, 0.05) is 0 Å². The van der Waals surface area contributed by atoms with E-state index >= 15 is 0 Å². The third-order valence-corrected chi connectivity index (χ3v) is 1.40. The third kappa shape index (κ3) is 1.12. The molecule has 0 amide bonds. The minimum atomic E-state index is -0.522. The summed E-state index contributed by atoms with van der Waals surface area (Å²) in [5.41, 5.74) is 0.201. The standard InChI is InChI=1S/C8H4ClF/c1-2-6-4-3-5-7(9)8(6)10/h1,3-5H. The lowest BCUT2D eigenvalue weighted by atomic mass is 10.2. The van der Waals surface area contributed by atoms with Crippen LogP contribution in [0.3, 0.4) is 0 Å². The largest absolute Gasteiger partial charge is 0.204 e. The number of hydrogen-bond donors (Lipinski definition) is 0. The number of halogens is 2. The molecular weight excluding hydrogens is 151 g/mol. The monoisotopic (exact) mass is 154 g/mol. The molecule has 50 valence electrons. The Morgan fingerprint density at radius 2 is 2.20 bits per heavy atom. The lowest BCUT2D eigenvalue weighted by Gasteiger charge is -1.94. The Morgan fingerprint density at radius 3 is 2.70 bits per heavy atom. The summed E-state index contributed by atoms with van der Waals surface area (Å²) in [6, 6.07) is 4.57. The summed E-state index contributed by atoms with van der Waals surface area (Å²) in [5.74, 6) is 1.66. The maximum Gasteiger partial charge on any atom is 0.157 e. The van der Waals surface area contributed by atoms with Gasteiger partial charge >= 0.3 is 0 Å². The average Bonchev–Trinajstić information content (AvgIpc) is 1.95. The summed E-state index contributed by atoms with van der Waals surface area (Å²) in [6.45, 7) is 0. The van der Waals surface area contributed by atoms with Crippen LogP contribution in [0.15, 0.2) is 18.2 Å². The molecule has 0 bridgehead atoms. The molecule has 1 aromatic carbocycles. The predicted octanol–water partition coefficient (Wildman–Crippen LogP) is 2.46. The highest BCUT2D eigenvalue weighted by Crippen LogP contribution is 2.16. The SMILES string of the molecule is C#Cc1cccc(Cl)c1F. The van der Waals surface area contributed by atoms with Gasteiger partial charge in [-0.1, -0.05) is 23.6 Å². The lowest BCUT2D eigenvalue weighted by Crippen LogP contribution is -1.82. The van der Waals surface area contributed by atoms with Crippen LogP contribution in [-0.2, 0) is 0 Å². The normalized spacial score (nSPS) is 8.90. The molecule has 0 aliphatic heterocycles. The van der Waals surface area contributed by atoms with Gasteiger partial charge in [-0.25, -0.2) is 4.39 Å². The van der Waals surface area contributed by atoms with Crippen LogP contribution in [0.4, 0.5) is 4.39 Å². The Balaban J connectivity index is 3.31. The minimum Gasteiger partial charge on any atom is -0.204 e. The summed E-state index contributed by atoms with van der Waals surface area (Å²) in [6.07, 6.45) is 4.97. The summed E-state index contributed by atoms with van der Waals surface area (Å²) in [4.78, 5) is 0. The summed E-state index contributed by atoms with van der Waals surface area (Å²) < 4.78 is 12.7. The van der Waals surface area contributed by atoms with Gasteiger partial charge in [0.2, 0.25) is 0 Å². The molecule has 0 N–H and O–H groups in total. The molecule has 0 aromatic heterocycles. The first-order chi connectivity index (χ1) is 4.75. The van der Waals surface area contributed by atoms with Gasteiger partial charge in [-0.15, -0.1) is 6.42 Å². The summed E-state index contributed by atoms with van der Waals surface area (Å²) >= 11 is 5.42. The molecule has 0 saturated carbocycles. The van der Waals surface area contributed by atoms with Crippen molar-refractivity contribution in [3.05, 3.63) is 34.6 Å². The van der Waals surface area contributed by atoms with Crippen molar-refractivity contribution in [2.75, 3.05) is 0 Å². The first-order valence-electron chi connectivity index (χ1n) is 2.66.